The highest BCUT2D eigenvalue weighted by Gasteiger charge is 2.13. The van der Waals surface area contributed by atoms with Crippen LogP contribution in [0.2, 0.25) is 0 Å². The van der Waals surface area contributed by atoms with Crippen LogP contribution >= 0.6 is 0 Å². The first-order valence-corrected chi connectivity index (χ1v) is 6.95. The monoisotopic (exact) mass is 231 g/mol. The molecular weight excluding hydrogens is 206 g/mol. The van der Waals surface area contributed by atoms with E-state index in [0.29, 0.717) is 0 Å². The zero-order chi connectivity index (χ0) is 12.3. The van der Waals surface area contributed by atoms with Gasteiger partial charge in [0.2, 0.25) is 0 Å². The van der Waals surface area contributed by atoms with E-state index in [1.165, 1.54) is 55.5 Å². The zero-order valence-corrected chi connectivity index (χ0v) is 11.5. The summed E-state index contributed by atoms with van der Waals surface area (Å²) in [5.41, 5.74) is 5.96. The van der Waals surface area contributed by atoms with Crippen molar-refractivity contribution in [1.29, 1.82) is 0 Å². The first kappa shape index (κ1) is 12.6. The molecule has 0 saturated carbocycles. The summed E-state index contributed by atoms with van der Waals surface area (Å²) in [6, 6.07) is 4.60. The summed E-state index contributed by atoms with van der Waals surface area (Å²) >= 11 is 0. The Morgan fingerprint density at radius 3 is 2.71 bits per heavy atom. The van der Waals surface area contributed by atoms with Gasteiger partial charge in [-0.15, -0.1) is 0 Å². The number of hydrogen-bond donors (Lipinski definition) is 1. The van der Waals surface area contributed by atoms with Crippen molar-refractivity contribution < 1.29 is 0 Å². The molecule has 1 heterocycles. The van der Waals surface area contributed by atoms with E-state index in [4.69, 9.17) is 0 Å². The van der Waals surface area contributed by atoms with E-state index in [9.17, 15) is 0 Å². The van der Waals surface area contributed by atoms with Crippen LogP contribution in [-0.2, 0) is 6.42 Å². The smallest absolute Gasteiger partial charge is 0.00204 e. The maximum absolute atomic E-state index is 3.51. The number of piperidine rings is 1. The van der Waals surface area contributed by atoms with Crippen molar-refractivity contribution in [2.24, 2.45) is 5.92 Å². The largest absolute Gasteiger partial charge is 0.316 e. The second-order valence-corrected chi connectivity index (χ2v) is 5.54. The van der Waals surface area contributed by atoms with E-state index >= 15 is 0 Å². The SMILES string of the molecule is Cc1ccc(CCC2CCCNC2)c(C)c1C. The number of aryl methyl sites for hydroxylation is 2. The van der Waals surface area contributed by atoms with Crippen LogP contribution < -0.4 is 5.32 Å². The minimum Gasteiger partial charge on any atom is -0.316 e. The molecule has 0 spiro atoms. The number of hydrogen-bond acceptors (Lipinski definition) is 1. The Labute approximate surface area is 106 Å². The number of nitrogens with one attached hydrogen (secondary N) is 1. The fraction of sp³-hybridized carbons (Fsp3) is 0.625. The van der Waals surface area contributed by atoms with Crippen molar-refractivity contribution in [2.75, 3.05) is 13.1 Å². The van der Waals surface area contributed by atoms with Gasteiger partial charge in [0, 0.05) is 0 Å². The molecular formula is C16H25N. The molecule has 1 atom stereocenters. The Balaban J connectivity index is 1.96. The molecule has 0 aromatic heterocycles. The molecule has 94 valence electrons. The standard InChI is InChI=1S/C16H25N/c1-12-6-8-16(14(3)13(12)2)9-7-15-5-4-10-17-11-15/h6,8,15,17H,4-5,7,9-11H2,1-3H3. The van der Waals surface area contributed by atoms with Gasteiger partial charge in [0.25, 0.3) is 0 Å². The summed E-state index contributed by atoms with van der Waals surface area (Å²) < 4.78 is 0. The Kier molecular flexibility index (Phi) is 4.22. The van der Waals surface area contributed by atoms with Gasteiger partial charge >= 0.3 is 0 Å². The van der Waals surface area contributed by atoms with Gasteiger partial charge in [0.05, 0.1) is 0 Å². The second kappa shape index (κ2) is 5.68. The highest BCUT2D eigenvalue weighted by Crippen LogP contribution is 2.22. The average Bonchev–Trinajstić information content (AvgIpc) is 2.36. The maximum atomic E-state index is 3.51. The molecule has 1 nitrogen and oxygen atoms in total. The highest BCUT2D eigenvalue weighted by molar-refractivity contribution is 5.38. The predicted octanol–water partition coefficient (Wildman–Crippen LogP) is 3.54. The summed E-state index contributed by atoms with van der Waals surface area (Å²) in [4.78, 5) is 0. The van der Waals surface area contributed by atoms with Crippen molar-refractivity contribution in [3.05, 3.63) is 34.4 Å². The molecule has 1 N–H and O–H groups in total. The lowest BCUT2D eigenvalue weighted by Gasteiger charge is -2.23. The third kappa shape index (κ3) is 3.10. The van der Waals surface area contributed by atoms with Crippen LogP contribution in [0.5, 0.6) is 0 Å². The molecule has 1 aromatic rings. The lowest BCUT2D eigenvalue weighted by atomic mass is 9.90. The first-order valence-electron chi connectivity index (χ1n) is 6.95. The molecule has 0 bridgehead atoms. The van der Waals surface area contributed by atoms with E-state index in [-0.39, 0.29) is 0 Å². The van der Waals surface area contributed by atoms with Gasteiger partial charge in [-0.3, -0.25) is 0 Å². The van der Waals surface area contributed by atoms with Gasteiger partial charge in [-0.05, 0) is 87.7 Å². The summed E-state index contributed by atoms with van der Waals surface area (Å²) in [5, 5.41) is 3.51. The van der Waals surface area contributed by atoms with E-state index in [1.807, 2.05) is 0 Å². The minimum atomic E-state index is 0.893. The molecule has 17 heavy (non-hydrogen) atoms. The molecule has 0 amide bonds. The molecule has 1 aliphatic heterocycles. The Bertz CT molecular complexity index is 375. The van der Waals surface area contributed by atoms with Crippen LogP contribution in [0.3, 0.4) is 0 Å². The topological polar surface area (TPSA) is 12.0 Å². The Hall–Kier alpha value is -0.820. The average molecular weight is 231 g/mol. The molecule has 0 aliphatic carbocycles. The van der Waals surface area contributed by atoms with E-state index in [2.05, 4.69) is 38.2 Å². The maximum Gasteiger partial charge on any atom is -0.00204 e. The van der Waals surface area contributed by atoms with Crippen LogP contribution in [0.1, 0.15) is 41.5 Å². The van der Waals surface area contributed by atoms with Crippen molar-refractivity contribution in [2.45, 2.75) is 46.5 Å². The predicted molar refractivity (Wildman–Crippen MR) is 74.6 cm³/mol. The highest BCUT2D eigenvalue weighted by atomic mass is 14.9. The van der Waals surface area contributed by atoms with Gasteiger partial charge in [-0.2, -0.15) is 0 Å². The third-order valence-electron chi connectivity index (χ3n) is 4.39. The normalized spacial score (nSPS) is 20.5. The lowest BCUT2D eigenvalue weighted by molar-refractivity contribution is 0.358. The van der Waals surface area contributed by atoms with Gasteiger partial charge in [-0.1, -0.05) is 12.1 Å². The molecule has 1 aromatic carbocycles. The summed E-state index contributed by atoms with van der Waals surface area (Å²) in [6.07, 6.45) is 5.36. The number of rotatable bonds is 3. The van der Waals surface area contributed by atoms with E-state index in [0.717, 1.165) is 5.92 Å². The van der Waals surface area contributed by atoms with Crippen LogP contribution in [0.15, 0.2) is 12.1 Å². The van der Waals surface area contributed by atoms with Gasteiger partial charge in [-0.25, -0.2) is 0 Å². The molecule has 1 fully saturated rings. The Morgan fingerprint density at radius 2 is 2.00 bits per heavy atom. The van der Waals surface area contributed by atoms with E-state index < -0.39 is 0 Å². The van der Waals surface area contributed by atoms with Crippen molar-refractivity contribution >= 4 is 0 Å². The zero-order valence-electron chi connectivity index (χ0n) is 11.5. The van der Waals surface area contributed by atoms with Crippen molar-refractivity contribution in [3.8, 4) is 0 Å². The minimum absolute atomic E-state index is 0.893. The lowest BCUT2D eigenvalue weighted by Crippen LogP contribution is -2.29. The summed E-state index contributed by atoms with van der Waals surface area (Å²) in [6.45, 7) is 9.17. The van der Waals surface area contributed by atoms with Gasteiger partial charge in [0.1, 0.15) is 0 Å². The van der Waals surface area contributed by atoms with Crippen LogP contribution in [0, 0.1) is 26.7 Å². The molecule has 1 heteroatoms. The van der Waals surface area contributed by atoms with E-state index in [1.54, 1.807) is 5.56 Å². The molecule has 1 unspecified atom stereocenters. The summed E-state index contributed by atoms with van der Waals surface area (Å²) in [7, 11) is 0. The fourth-order valence-electron chi connectivity index (χ4n) is 2.81. The van der Waals surface area contributed by atoms with Crippen LogP contribution in [0.25, 0.3) is 0 Å². The first-order chi connectivity index (χ1) is 8.18. The molecule has 2 rings (SSSR count). The number of benzene rings is 1. The molecule has 1 saturated heterocycles. The van der Waals surface area contributed by atoms with Crippen LogP contribution in [0.4, 0.5) is 0 Å². The van der Waals surface area contributed by atoms with Gasteiger partial charge in [0.15, 0.2) is 0 Å². The summed E-state index contributed by atoms with van der Waals surface area (Å²) in [5.74, 6) is 0.893. The van der Waals surface area contributed by atoms with Gasteiger partial charge < -0.3 is 5.32 Å². The quantitative estimate of drug-likeness (QED) is 0.839. The molecule has 0 radical (unpaired) electrons. The van der Waals surface area contributed by atoms with Crippen molar-refractivity contribution in [3.63, 3.8) is 0 Å². The third-order valence-corrected chi connectivity index (χ3v) is 4.39. The van der Waals surface area contributed by atoms with Crippen LogP contribution in [-0.4, -0.2) is 13.1 Å². The second-order valence-electron chi connectivity index (χ2n) is 5.54. The van der Waals surface area contributed by atoms with Crippen molar-refractivity contribution in [1.82, 2.24) is 5.32 Å². The fourth-order valence-corrected chi connectivity index (χ4v) is 2.81. The Morgan fingerprint density at radius 1 is 1.18 bits per heavy atom. The molecule has 1 aliphatic rings.